The summed E-state index contributed by atoms with van der Waals surface area (Å²) in [6, 6.07) is 9.38. The molecule has 3 N–H and O–H groups in total. The molecule has 0 aliphatic heterocycles. The first-order valence-corrected chi connectivity index (χ1v) is 9.13. The number of aromatic nitrogens is 4. The molecule has 2 unspecified atom stereocenters. The van der Waals surface area contributed by atoms with Gasteiger partial charge in [-0.1, -0.05) is 30.3 Å². The molecule has 0 saturated carbocycles. The minimum Gasteiger partial charge on any atom is -0.550 e. The van der Waals surface area contributed by atoms with Gasteiger partial charge in [-0.2, -0.15) is 0 Å². The maximum atomic E-state index is 12.0. The van der Waals surface area contributed by atoms with Crippen molar-refractivity contribution < 1.29 is 49.4 Å². The van der Waals surface area contributed by atoms with E-state index in [0.717, 1.165) is 5.56 Å². The third-order valence-electron chi connectivity index (χ3n) is 4.12. The van der Waals surface area contributed by atoms with Gasteiger partial charge < -0.3 is 25.6 Å². The zero-order chi connectivity index (χ0) is 20.4. The fourth-order valence-electron chi connectivity index (χ4n) is 2.62. The van der Waals surface area contributed by atoms with Crippen molar-refractivity contribution in [3.8, 4) is 0 Å². The third-order valence-corrected chi connectivity index (χ3v) is 4.12. The van der Waals surface area contributed by atoms with Crippen LogP contribution >= 0.6 is 0 Å². The van der Waals surface area contributed by atoms with Crippen molar-refractivity contribution >= 4 is 11.9 Å². The number of benzene rings is 1. The Hall–Kier alpha value is -1.85. The van der Waals surface area contributed by atoms with Gasteiger partial charge >= 0.3 is 29.6 Å². The largest absolute Gasteiger partial charge is 1.00 e. The Kier molecular flexibility index (Phi) is 11.6. The number of hydrogen-bond donors (Lipinski definition) is 3. The Morgan fingerprint density at radius 1 is 1.28 bits per heavy atom. The van der Waals surface area contributed by atoms with Crippen LogP contribution in [0.4, 0.5) is 0 Å². The normalized spacial score (nSPS) is 12.6. The van der Waals surface area contributed by atoms with Gasteiger partial charge in [-0.25, -0.2) is 4.68 Å². The van der Waals surface area contributed by atoms with Crippen LogP contribution in [0.25, 0.3) is 0 Å². The minimum atomic E-state index is -1.31. The number of carboxylic acid groups (broad SMARTS) is 1. The van der Waals surface area contributed by atoms with Gasteiger partial charge in [-0.15, -0.1) is 5.10 Å². The number of aryl methyl sites for hydroxylation is 1. The van der Waals surface area contributed by atoms with Gasteiger partial charge in [0.25, 0.3) is 0 Å². The molecule has 152 valence electrons. The number of aliphatic carboxylic acids is 1. The van der Waals surface area contributed by atoms with Crippen molar-refractivity contribution in [2.45, 2.75) is 51.4 Å². The van der Waals surface area contributed by atoms with Gasteiger partial charge in [0, 0.05) is 38.4 Å². The quantitative estimate of drug-likeness (QED) is 0.299. The van der Waals surface area contributed by atoms with E-state index in [1.165, 1.54) is 0 Å². The average Bonchev–Trinajstić information content (AvgIpc) is 3.13. The molecule has 10 nitrogen and oxygen atoms in total. The number of tetrazole rings is 1. The molecule has 0 aliphatic rings. The zero-order valence-electron chi connectivity index (χ0n) is 16.7. The van der Waals surface area contributed by atoms with E-state index in [9.17, 15) is 19.8 Å². The van der Waals surface area contributed by atoms with E-state index >= 15 is 0 Å². The predicted octanol–water partition coefficient (Wildman–Crippen LogP) is -4.07. The summed E-state index contributed by atoms with van der Waals surface area (Å²) in [5.74, 6) is -0.808. The summed E-state index contributed by atoms with van der Waals surface area (Å²) >= 11 is 0. The van der Waals surface area contributed by atoms with Crippen molar-refractivity contribution in [2.24, 2.45) is 0 Å². The Labute approximate surface area is 191 Å². The van der Waals surface area contributed by atoms with Gasteiger partial charge in [-0.3, -0.25) is 4.79 Å². The number of nitrogens with one attached hydrogen (secondary N) is 2. The molecule has 1 heterocycles. The fraction of sp³-hybridized carbons (Fsp3) is 0.500. The number of nitrogens with zero attached hydrogens (tertiary/aromatic N) is 4. The molecule has 1 aromatic heterocycles. The summed E-state index contributed by atoms with van der Waals surface area (Å²) in [5, 5.41) is 37.4. The molecule has 0 spiro atoms. The van der Waals surface area contributed by atoms with Crippen molar-refractivity contribution in [1.82, 2.24) is 30.8 Å². The summed E-state index contributed by atoms with van der Waals surface area (Å²) in [7, 11) is 0. The first-order valence-electron chi connectivity index (χ1n) is 9.13. The summed E-state index contributed by atoms with van der Waals surface area (Å²) in [6.07, 6.45) is -0.579. The molecular weight excluding hydrogens is 387 g/mol. The number of amides is 1. The molecule has 11 heteroatoms. The van der Waals surface area contributed by atoms with Crippen LogP contribution < -0.4 is 45.3 Å². The van der Waals surface area contributed by atoms with Gasteiger partial charge in [0.1, 0.15) is 0 Å². The fourth-order valence-corrected chi connectivity index (χ4v) is 2.62. The van der Waals surface area contributed by atoms with E-state index in [0.29, 0.717) is 31.8 Å². The van der Waals surface area contributed by atoms with Crippen LogP contribution in [0.3, 0.4) is 0 Å². The molecule has 2 aromatic rings. The summed E-state index contributed by atoms with van der Waals surface area (Å²) < 4.78 is 1.59. The van der Waals surface area contributed by atoms with Crippen molar-refractivity contribution in [3.05, 3.63) is 41.7 Å². The topological polar surface area (TPSA) is 145 Å². The van der Waals surface area contributed by atoms with Gasteiger partial charge in [0.05, 0.1) is 12.1 Å². The molecule has 0 saturated heterocycles. The molecule has 0 fully saturated rings. The molecule has 0 bridgehead atoms. The van der Waals surface area contributed by atoms with Crippen LogP contribution in [0.1, 0.15) is 43.6 Å². The van der Waals surface area contributed by atoms with E-state index in [4.69, 9.17) is 0 Å². The Morgan fingerprint density at radius 2 is 2.00 bits per heavy atom. The van der Waals surface area contributed by atoms with Crippen LogP contribution in [0, 0.1) is 0 Å². The van der Waals surface area contributed by atoms with E-state index in [-0.39, 0.29) is 48.1 Å². The van der Waals surface area contributed by atoms with Crippen LogP contribution in [-0.4, -0.2) is 49.8 Å². The first-order chi connectivity index (χ1) is 13.5. The third kappa shape index (κ3) is 9.46. The molecule has 1 amide bonds. The van der Waals surface area contributed by atoms with E-state index in [1.807, 2.05) is 30.3 Å². The van der Waals surface area contributed by atoms with Crippen LogP contribution in [0.5, 0.6) is 0 Å². The zero-order valence-corrected chi connectivity index (χ0v) is 18.7. The monoisotopic (exact) mass is 412 g/mol. The number of rotatable bonds is 12. The van der Waals surface area contributed by atoms with Crippen molar-refractivity contribution in [1.29, 1.82) is 0 Å². The number of carboxylic acids is 1. The molecule has 2 atom stereocenters. The minimum absolute atomic E-state index is 0. The van der Waals surface area contributed by atoms with Gasteiger partial charge in [-0.05, 0) is 29.3 Å². The van der Waals surface area contributed by atoms with Crippen molar-refractivity contribution in [3.63, 3.8) is 0 Å². The molecular formula is C18H25N6NaO4. The Morgan fingerprint density at radius 3 is 2.69 bits per heavy atom. The number of aliphatic hydroxyl groups excluding tert-OH is 1. The maximum Gasteiger partial charge on any atom is 1.00 e. The van der Waals surface area contributed by atoms with Crippen LogP contribution in [0.15, 0.2) is 30.3 Å². The van der Waals surface area contributed by atoms with Crippen LogP contribution in [-0.2, 0) is 22.7 Å². The van der Waals surface area contributed by atoms with Crippen LogP contribution in [0.2, 0.25) is 0 Å². The molecule has 0 radical (unpaired) electrons. The first kappa shape index (κ1) is 25.2. The smallest absolute Gasteiger partial charge is 0.550 e. The number of carbonyl (C=O) groups is 2. The maximum absolute atomic E-state index is 12.0. The predicted molar refractivity (Wildman–Crippen MR) is 97.4 cm³/mol. The summed E-state index contributed by atoms with van der Waals surface area (Å²) in [5.41, 5.74) is 1.04. The standard InChI is InChI=1S/C18H26N6O4.Na/c1-13(19-12-15(25)10-17(27)28)18-21-22-23-24(18)9-5-8-16(26)20-11-14-6-3-2-4-7-14;/h2-4,6-7,13,15,19,25H,5,8-12H2,1H3,(H,20,26)(H,27,28);/q;+1/p-1. The second-order valence-corrected chi connectivity index (χ2v) is 6.49. The van der Waals surface area contributed by atoms with E-state index < -0.39 is 18.5 Å². The second kappa shape index (κ2) is 13.4. The van der Waals surface area contributed by atoms with Gasteiger partial charge in [0.2, 0.25) is 5.91 Å². The number of hydrogen-bond acceptors (Lipinski definition) is 8. The Balaban J connectivity index is 0.00000420. The second-order valence-electron chi connectivity index (χ2n) is 6.49. The van der Waals surface area contributed by atoms with Crippen molar-refractivity contribution in [2.75, 3.05) is 6.54 Å². The van der Waals surface area contributed by atoms with E-state index in [2.05, 4.69) is 26.2 Å². The SMILES string of the molecule is CC(NCC(O)CC(=O)[O-])c1nnnn1CCCC(=O)NCc1ccccc1.[Na+]. The Bertz CT molecular complexity index is 758. The summed E-state index contributed by atoms with van der Waals surface area (Å²) in [6.45, 7) is 2.84. The van der Waals surface area contributed by atoms with Gasteiger partial charge in [0.15, 0.2) is 5.82 Å². The average molecular weight is 412 g/mol. The van der Waals surface area contributed by atoms with E-state index in [1.54, 1.807) is 11.6 Å². The molecule has 0 aliphatic carbocycles. The summed E-state index contributed by atoms with van der Waals surface area (Å²) in [4.78, 5) is 22.4. The molecule has 2 rings (SSSR count). The number of carbonyl (C=O) groups excluding carboxylic acids is 2. The molecule has 29 heavy (non-hydrogen) atoms. The molecule has 1 aromatic carbocycles. The number of aliphatic hydroxyl groups is 1.